The second-order valence-corrected chi connectivity index (χ2v) is 9.49. The summed E-state index contributed by atoms with van der Waals surface area (Å²) in [5, 5.41) is 3.19. The number of hydrogen-bond donors (Lipinski definition) is 1. The zero-order valence-electron chi connectivity index (χ0n) is 18.7. The Balaban J connectivity index is 1.64. The summed E-state index contributed by atoms with van der Waals surface area (Å²) in [5.74, 6) is 1.11. The molecule has 1 fully saturated rings. The highest BCUT2D eigenvalue weighted by molar-refractivity contribution is 7.99. The molecule has 1 saturated carbocycles. The van der Waals surface area contributed by atoms with Crippen LogP contribution in [0.25, 0.3) is 0 Å². The molecule has 0 saturated heterocycles. The van der Waals surface area contributed by atoms with E-state index in [2.05, 4.69) is 29.6 Å². The van der Waals surface area contributed by atoms with Crippen LogP contribution in [-0.2, 0) is 21.9 Å². The van der Waals surface area contributed by atoms with Crippen molar-refractivity contribution in [3.05, 3.63) is 71.3 Å². The van der Waals surface area contributed by atoms with Crippen molar-refractivity contribution in [2.75, 3.05) is 5.75 Å². The second kappa shape index (κ2) is 11.9. The number of thioether (sulfide) groups is 1. The predicted octanol–water partition coefficient (Wildman–Crippen LogP) is 5.09. The lowest BCUT2D eigenvalue weighted by Crippen LogP contribution is -2.50. The molecule has 2 aromatic carbocycles. The molecule has 1 aliphatic carbocycles. The maximum Gasteiger partial charge on any atom is 0.242 e. The first-order valence-corrected chi connectivity index (χ1v) is 12.5. The summed E-state index contributed by atoms with van der Waals surface area (Å²) in [6.07, 6.45) is 5.66. The largest absolute Gasteiger partial charge is 0.352 e. The van der Waals surface area contributed by atoms with Gasteiger partial charge in [0, 0.05) is 18.3 Å². The van der Waals surface area contributed by atoms with Gasteiger partial charge in [-0.3, -0.25) is 9.59 Å². The Morgan fingerprint density at radius 2 is 1.68 bits per heavy atom. The van der Waals surface area contributed by atoms with Gasteiger partial charge >= 0.3 is 0 Å². The third kappa shape index (κ3) is 7.42. The van der Waals surface area contributed by atoms with Crippen molar-refractivity contribution in [2.45, 2.75) is 70.3 Å². The lowest BCUT2D eigenvalue weighted by molar-refractivity contribution is -0.139. The van der Waals surface area contributed by atoms with E-state index >= 15 is 0 Å². The predicted molar refractivity (Wildman–Crippen MR) is 129 cm³/mol. The maximum absolute atomic E-state index is 13.2. The van der Waals surface area contributed by atoms with E-state index in [1.807, 2.05) is 44.2 Å². The molecule has 0 radical (unpaired) electrons. The normalized spacial score (nSPS) is 15.3. The lowest BCUT2D eigenvalue weighted by atomic mass is 9.95. The van der Waals surface area contributed by atoms with Crippen LogP contribution in [0.1, 0.15) is 55.7 Å². The molecule has 1 aliphatic rings. The van der Waals surface area contributed by atoms with E-state index in [1.54, 1.807) is 16.7 Å². The van der Waals surface area contributed by atoms with Crippen molar-refractivity contribution in [1.29, 1.82) is 0 Å². The molecule has 0 spiro atoms. The number of carbonyl (C=O) groups excluding carboxylic acids is 2. The van der Waals surface area contributed by atoms with Gasteiger partial charge in [-0.05, 0) is 37.8 Å². The van der Waals surface area contributed by atoms with Crippen LogP contribution in [0.3, 0.4) is 0 Å². The first kappa shape index (κ1) is 23.4. The van der Waals surface area contributed by atoms with Gasteiger partial charge in [0.2, 0.25) is 11.8 Å². The summed E-state index contributed by atoms with van der Waals surface area (Å²) in [4.78, 5) is 27.9. The Hall–Kier alpha value is -2.27. The maximum atomic E-state index is 13.2. The molecule has 31 heavy (non-hydrogen) atoms. The molecule has 1 atom stereocenters. The van der Waals surface area contributed by atoms with Gasteiger partial charge < -0.3 is 10.2 Å². The molecule has 1 N–H and O–H groups in total. The summed E-state index contributed by atoms with van der Waals surface area (Å²) in [7, 11) is 0. The monoisotopic (exact) mass is 438 g/mol. The van der Waals surface area contributed by atoms with Gasteiger partial charge in [-0.25, -0.2) is 0 Å². The second-order valence-electron chi connectivity index (χ2n) is 8.51. The van der Waals surface area contributed by atoms with Crippen molar-refractivity contribution >= 4 is 23.6 Å². The van der Waals surface area contributed by atoms with E-state index in [0.717, 1.165) is 24.2 Å². The van der Waals surface area contributed by atoms with Gasteiger partial charge in [-0.1, -0.05) is 79.4 Å². The van der Waals surface area contributed by atoms with E-state index < -0.39 is 6.04 Å². The van der Waals surface area contributed by atoms with Crippen molar-refractivity contribution < 1.29 is 9.59 Å². The van der Waals surface area contributed by atoms with Crippen LogP contribution in [0.15, 0.2) is 54.6 Å². The molecule has 5 heteroatoms. The van der Waals surface area contributed by atoms with Crippen LogP contribution in [-0.4, -0.2) is 34.6 Å². The van der Waals surface area contributed by atoms with Gasteiger partial charge in [-0.15, -0.1) is 11.8 Å². The minimum Gasteiger partial charge on any atom is -0.352 e. The van der Waals surface area contributed by atoms with E-state index in [1.165, 1.54) is 30.4 Å². The average molecular weight is 439 g/mol. The van der Waals surface area contributed by atoms with Crippen molar-refractivity contribution in [3.63, 3.8) is 0 Å². The van der Waals surface area contributed by atoms with Crippen molar-refractivity contribution in [3.8, 4) is 0 Å². The smallest absolute Gasteiger partial charge is 0.242 e. The van der Waals surface area contributed by atoms with E-state index in [0.29, 0.717) is 12.3 Å². The van der Waals surface area contributed by atoms with Gasteiger partial charge in [0.1, 0.15) is 6.04 Å². The van der Waals surface area contributed by atoms with Crippen LogP contribution < -0.4 is 5.32 Å². The van der Waals surface area contributed by atoms with E-state index in [-0.39, 0.29) is 17.9 Å². The van der Waals surface area contributed by atoms with E-state index in [4.69, 9.17) is 0 Å². The fourth-order valence-corrected chi connectivity index (χ4v) is 4.83. The van der Waals surface area contributed by atoms with Gasteiger partial charge in [0.15, 0.2) is 0 Å². The highest BCUT2D eigenvalue weighted by Gasteiger charge is 2.28. The Bertz CT molecular complexity index is 832. The average Bonchev–Trinajstić information content (AvgIpc) is 2.79. The molecule has 0 aliphatic heterocycles. The number of hydrogen-bond acceptors (Lipinski definition) is 3. The van der Waals surface area contributed by atoms with Crippen molar-refractivity contribution in [2.24, 2.45) is 0 Å². The molecule has 0 aromatic heterocycles. The van der Waals surface area contributed by atoms with E-state index in [9.17, 15) is 9.59 Å². The lowest BCUT2D eigenvalue weighted by Gasteiger charge is -2.31. The highest BCUT2D eigenvalue weighted by atomic mass is 32.2. The third-order valence-electron chi connectivity index (χ3n) is 5.93. The van der Waals surface area contributed by atoms with Gasteiger partial charge in [0.25, 0.3) is 0 Å². The Morgan fingerprint density at radius 3 is 2.35 bits per heavy atom. The molecular weight excluding hydrogens is 404 g/mol. The molecule has 4 nitrogen and oxygen atoms in total. The molecular formula is C26H34N2O2S. The Kier molecular flexibility index (Phi) is 9.01. The minimum atomic E-state index is -0.493. The summed E-state index contributed by atoms with van der Waals surface area (Å²) >= 11 is 1.60. The van der Waals surface area contributed by atoms with Crippen LogP contribution in [0.2, 0.25) is 0 Å². The first-order chi connectivity index (χ1) is 15.0. The number of rotatable bonds is 9. The van der Waals surface area contributed by atoms with Gasteiger partial charge in [-0.2, -0.15) is 0 Å². The quantitative estimate of drug-likeness (QED) is 0.593. The Labute approximate surface area is 190 Å². The standard InChI is InChI=1S/C26H34N2O2S/c1-20-13-15-22(16-14-20)17-28(21(2)26(30)27-24-11-7-4-8-12-24)25(29)19-31-18-23-9-5-3-6-10-23/h3,5-6,9-10,13-16,21,24H,4,7-8,11-12,17-19H2,1-2H3,(H,27,30)/t21-/m1/s1. The highest BCUT2D eigenvalue weighted by Crippen LogP contribution is 2.19. The van der Waals surface area contributed by atoms with Crippen molar-refractivity contribution in [1.82, 2.24) is 10.2 Å². The SMILES string of the molecule is Cc1ccc(CN(C(=O)CSCc2ccccc2)[C@H](C)C(=O)NC2CCCCC2)cc1. The topological polar surface area (TPSA) is 49.4 Å². The molecule has 2 amide bonds. The van der Waals surface area contributed by atoms with Crippen LogP contribution in [0.4, 0.5) is 0 Å². The van der Waals surface area contributed by atoms with Gasteiger partial charge in [0.05, 0.1) is 5.75 Å². The fourth-order valence-electron chi connectivity index (χ4n) is 3.95. The number of carbonyl (C=O) groups is 2. The zero-order valence-corrected chi connectivity index (χ0v) is 19.5. The fraction of sp³-hybridized carbons (Fsp3) is 0.462. The van der Waals surface area contributed by atoms with Crippen LogP contribution in [0.5, 0.6) is 0 Å². The minimum absolute atomic E-state index is 0.00722. The number of nitrogens with zero attached hydrogens (tertiary/aromatic N) is 1. The molecule has 2 aromatic rings. The summed E-state index contributed by atoms with van der Waals surface area (Å²) in [6, 6.07) is 18.1. The molecule has 0 heterocycles. The van der Waals surface area contributed by atoms with Crippen LogP contribution >= 0.6 is 11.8 Å². The summed E-state index contributed by atoms with van der Waals surface area (Å²) in [6.45, 7) is 4.35. The number of nitrogens with one attached hydrogen (secondary N) is 1. The molecule has 0 unspecified atom stereocenters. The zero-order chi connectivity index (χ0) is 22.1. The number of benzene rings is 2. The third-order valence-corrected chi connectivity index (χ3v) is 6.92. The summed E-state index contributed by atoms with van der Waals surface area (Å²) < 4.78 is 0. The molecule has 166 valence electrons. The first-order valence-electron chi connectivity index (χ1n) is 11.3. The van der Waals surface area contributed by atoms with Crippen LogP contribution in [0, 0.1) is 6.92 Å². The number of amides is 2. The Morgan fingerprint density at radius 1 is 1.00 bits per heavy atom. The summed E-state index contributed by atoms with van der Waals surface area (Å²) in [5.41, 5.74) is 3.43. The number of aryl methyl sites for hydroxylation is 1. The molecule has 0 bridgehead atoms. The molecule has 3 rings (SSSR count).